The van der Waals surface area contributed by atoms with Crippen molar-refractivity contribution in [2.45, 2.75) is 65.8 Å². The molecule has 1 heterocycles. The molecule has 0 radical (unpaired) electrons. The maximum atomic E-state index is 6.21. The Morgan fingerprint density at radius 1 is 1.05 bits per heavy atom. The van der Waals surface area contributed by atoms with Crippen LogP contribution in [0.3, 0.4) is 0 Å². The molecule has 2 nitrogen and oxygen atoms in total. The van der Waals surface area contributed by atoms with Crippen LogP contribution in [0.1, 0.15) is 59.8 Å². The maximum absolute atomic E-state index is 6.21. The van der Waals surface area contributed by atoms with Crippen LogP contribution in [0.15, 0.2) is 0 Å². The van der Waals surface area contributed by atoms with Crippen LogP contribution in [0.4, 0.5) is 0 Å². The Morgan fingerprint density at radius 2 is 1.68 bits per heavy atom. The molecule has 1 saturated heterocycles. The van der Waals surface area contributed by atoms with Gasteiger partial charge in [-0.15, -0.1) is 0 Å². The van der Waals surface area contributed by atoms with Crippen LogP contribution in [-0.4, -0.2) is 30.6 Å². The smallest absolute Gasteiger partial charge is 0.0194 e. The van der Waals surface area contributed by atoms with Gasteiger partial charge in [-0.2, -0.15) is 0 Å². The molecule has 1 aliphatic heterocycles. The summed E-state index contributed by atoms with van der Waals surface area (Å²) in [5.41, 5.74) is 6.72. The monoisotopic (exact) mass is 266 g/mol. The van der Waals surface area contributed by atoms with Crippen molar-refractivity contribution in [2.24, 2.45) is 28.9 Å². The molecule has 0 aromatic carbocycles. The fourth-order valence-corrected chi connectivity index (χ4v) is 3.91. The van der Waals surface area contributed by atoms with E-state index < -0.39 is 0 Å². The van der Waals surface area contributed by atoms with E-state index in [1.807, 2.05) is 0 Å². The molecule has 2 N–H and O–H groups in total. The van der Waals surface area contributed by atoms with Crippen molar-refractivity contribution in [2.75, 3.05) is 19.6 Å². The van der Waals surface area contributed by atoms with Gasteiger partial charge in [0, 0.05) is 19.1 Å². The Labute approximate surface area is 120 Å². The number of rotatable bonds is 2. The third-order valence-electron chi connectivity index (χ3n) is 5.69. The van der Waals surface area contributed by atoms with Crippen LogP contribution < -0.4 is 5.73 Å². The molecule has 2 aliphatic rings. The van der Waals surface area contributed by atoms with Gasteiger partial charge in [0.25, 0.3) is 0 Å². The van der Waals surface area contributed by atoms with E-state index in [0.29, 0.717) is 17.4 Å². The van der Waals surface area contributed by atoms with Gasteiger partial charge in [-0.3, -0.25) is 0 Å². The highest BCUT2D eigenvalue weighted by Gasteiger charge is 2.31. The molecular formula is C17H34N2. The summed E-state index contributed by atoms with van der Waals surface area (Å²) in [6.45, 7) is 13.2. The normalized spacial score (nSPS) is 38.4. The van der Waals surface area contributed by atoms with Crippen LogP contribution >= 0.6 is 0 Å². The molecule has 19 heavy (non-hydrogen) atoms. The van der Waals surface area contributed by atoms with Crippen molar-refractivity contribution in [3.63, 3.8) is 0 Å². The van der Waals surface area contributed by atoms with E-state index in [9.17, 15) is 0 Å². The molecule has 0 spiro atoms. The summed E-state index contributed by atoms with van der Waals surface area (Å²) in [4.78, 5) is 2.63. The average molecular weight is 266 g/mol. The zero-order valence-corrected chi connectivity index (χ0v) is 13.5. The lowest BCUT2D eigenvalue weighted by Crippen LogP contribution is -2.49. The van der Waals surface area contributed by atoms with Crippen LogP contribution in [0, 0.1) is 23.2 Å². The number of hydrogen-bond acceptors (Lipinski definition) is 2. The Balaban J connectivity index is 1.74. The van der Waals surface area contributed by atoms with Crippen molar-refractivity contribution in [3.8, 4) is 0 Å². The second kappa shape index (κ2) is 6.13. The second-order valence-electron chi connectivity index (χ2n) is 8.27. The second-order valence-corrected chi connectivity index (χ2v) is 8.27. The van der Waals surface area contributed by atoms with Gasteiger partial charge in [-0.05, 0) is 61.8 Å². The number of nitrogens with zero attached hydrogens (tertiary/aromatic N) is 1. The zero-order valence-electron chi connectivity index (χ0n) is 13.5. The lowest BCUT2D eigenvalue weighted by atomic mass is 9.70. The first kappa shape index (κ1) is 15.3. The maximum Gasteiger partial charge on any atom is 0.0194 e. The third kappa shape index (κ3) is 4.19. The predicted octanol–water partition coefficient (Wildman–Crippen LogP) is 3.51. The van der Waals surface area contributed by atoms with E-state index >= 15 is 0 Å². The minimum atomic E-state index is 0.402. The van der Waals surface area contributed by atoms with Gasteiger partial charge >= 0.3 is 0 Å². The zero-order chi connectivity index (χ0) is 14.0. The van der Waals surface area contributed by atoms with Crippen molar-refractivity contribution < 1.29 is 0 Å². The molecule has 0 amide bonds. The van der Waals surface area contributed by atoms with Gasteiger partial charge in [0.1, 0.15) is 0 Å². The van der Waals surface area contributed by atoms with Gasteiger partial charge in [-0.25, -0.2) is 0 Å². The van der Waals surface area contributed by atoms with Crippen LogP contribution in [0.5, 0.6) is 0 Å². The molecule has 0 aromatic rings. The molecule has 2 rings (SSSR count). The van der Waals surface area contributed by atoms with Gasteiger partial charge in [0.2, 0.25) is 0 Å². The van der Waals surface area contributed by atoms with Gasteiger partial charge in [0.05, 0.1) is 0 Å². The Hall–Kier alpha value is -0.0800. The number of piperidine rings is 1. The standard InChI is InChI=1S/C17H34N2/c1-13-9-10-19(12-16(13)18)11-14-5-7-15(8-6-14)17(2,3)4/h13-16H,5-12,18H2,1-4H3. The summed E-state index contributed by atoms with van der Waals surface area (Å²) in [5, 5.41) is 0. The van der Waals surface area contributed by atoms with Crippen LogP contribution in [0.25, 0.3) is 0 Å². The fraction of sp³-hybridized carbons (Fsp3) is 1.00. The number of likely N-dealkylation sites (tertiary alicyclic amines) is 1. The molecule has 2 unspecified atom stereocenters. The molecule has 2 heteroatoms. The summed E-state index contributed by atoms with van der Waals surface area (Å²) in [6, 6.07) is 0.402. The van der Waals surface area contributed by atoms with Gasteiger partial charge < -0.3 is 10.6 Å². The van der Waals surface area contributed by atoms with Crippen molar-refractivity contribution >= 4 is 0 Å². The number of nitrogens with two attached hydrogens (primary N) is 1. The van der Waals surface area contributed by atoms with E-state index in [-0.39, 0.29) is 0 Å². The van der Waals surface area contributed by atoms with Crippen molar-refractivity contribution in [1.82, 2.24) is 4.90 Å². The summed E-state index contributed by atoms with van der Waals surface area (Å²) < 4.78 is 0. The fourth-order valence-electron chi connectivity index (χ4n) is 3.91. The van der Waals surface area contributed by atoms with Gasteiger partial charge in [0.15, 0.2) is 0 Å². The lowest BCUT2D eigenvalue weighted by molar-refractivity contribution is 0.102. The SMILES string of the molecule is CC1CCN(CC2CCC(C(C)(C)C)CC2)CC1N. The molecule has 2 fully saturated rings. The summed E-state index contributed by atoms with van der Waals surface area (Å²) in [5.74, 6) is 2.58. The summed E-state index contributed by atoms with van der Waals surface area (Å²) in [7, 11) is 0. The summed E-state index contributed by atoms with van der Waals surface area (Å²) >= 11 is 0. The molecule has 1 aliphatic carbocycles. The minimum Gasteiger partial charge on any atom is -0.326 e. The lowest BCUT2D eigenvalue weighted by Gasteiger charge is -2.41. The van der Waals surface area contributed by atoms with Gasteiger partial charge in [-0.1, -0.05) is 27.7 Å². The third-order valence-corrected chi connectivity index (χ3v) is 5.69. The largest absolute Gasteiger partial charge is 0.326 e. The first-order chi connectivity index (χ1) is 8.86. The van der Waals surface area contributed by atoms with Crippen LogP contribution in [-0.2, 0) is 0 Å². The average Bonchev–Trinajstić information content (AvgIpc) is 2.33. The molecule has 112 valence electrons. The summed E-state index contributed by atoms with van der Waals surface area (Å²) in [6.07, 6.45) is 7.03. The molecular weight excluding hydrogens is 232 g/mol. The van der Waals surface area contributed by atoms with E-state index in [1.165, 1.54) is 45.2 Å². The van der Waals surface area contributed by atoms with E-state index in [4.69, 9.17) is 5.73 Å². The topological polar surface area (TPSA) is 29.3 Å². The Morgan fingerprint density at radius 3 is 2.21 bits per heavy atom. The Kier molecular flexibility index (Phi) is 4.94. The van der Waals surface area contributed by atoms with Crippen molar-refractivity contribution in [3.05, 3.63) is 0 Å². The van der Waals surface area contributed by atoms with E-state index in [0.717, 1.165) is 18.4 Å². The molecule has 1 saturated carbocycles. The highest BCUT2D eigenvalue weighted by Crippen LogP contribution is 2.40. The van der Waals surface area contributed by atoms with Crippen LogP contribution in [0.2, 0.25) is 0 Å². The van der Waals surface area contributed by atoms with E-state index in [2.05, 4.69) is 32.6 Å². The van der Waals surface area contributed by atoms with E-state index in [1.54, 1.807) is 0 Å². The molecule has 0 aromatic heterocycles. The molecule has 2 atom stereocenters. The number of hydrogen-bond donors (Lipinski definition) is 1. The van der Waals surface area contributed by atoms with Crippen molar-refractivity contribution in [1.29, 1.82) is 0 Å². The quantitative estimate of drug-likeness (QED) is 0.829. The molecule has 0 bridgehead atoms. The predicted molar refractivity (Wildman–Crippen MR) is 83.1 cm³/mol. The first-order valence-corrected chi connectivity index (χ1v) is 8.34. The highest BCUT2D eigenvalue weighted by atomic mass is 15.1. The first-order valence-electron chi connectivity index (χ1n) is 8.34. The highest BCUT2D eigenvalue weighted by molar-refractivity contribution is 4.85. The minimum absolute atomic E-state index is 0.402. The Bertz CT molecular complexity index is 273.